The molecule has 0 saturated heterocycles. The van der Waals surface area contributed by atoms with Crippen molar-refractivity contribution < 1.29 is 28.0 Å². The highest BCUT2D eigenvalue weighted by molar-refractivity contribution is 7.85. The van der Waals surface area contributed by atoms with Crippen molar-refractivity contribution >= 4 is 50.3 Å². The van der Waals surface area contributed by atoms with E-state index in [1.807, 2.05) is 0 Å². The van der Waals surface area contributed by atoms with Crippen molar-refractivity contribution in [3.63, 3.8) is 0 Å². The molecule has 2 heterocycles. The first-order chi connectivity index (χ1) is 12.5. The van der Waals surface area contributed by atoms with Crippen LogP contribution in [0.15, 0.2) is 23.2 Å². The summed E-state index contributed by atoms with van der Waals surface area (Å²) in [6.45, 7) is 0.616. The van der Waals surface area contributed by atoms with Gasteiger partial charge < -0.3 is 21.5 Å². The summed E-state index contributed by atoms with van der Waals surface area (Å²) in [5.74, 6) is -0.774. The van der Waals surface area contributed by atoms with Crippen LogP contribution in [-0.2, 0) is 16.7 Å². The largest absolute Gasteiger partial charge is 0.412 e. The molecule has 154 valence electrons. The zero-order valence-corrected chi connectivity index (χ0v) is 16.5. The average Bonchev–Trinajstić information content (AvgIpc) is 2.88. The molecule has 0 spiro atoms. The molecule has 3 rings (SSSR count). The molecule has 12 heteroatoms. The maximum Gasteiger partial charge on any atom is 0.296 e. The Kier molecular flexibility index (Phi) is 7.70. The predicted molar refractivity (Wildman–Crippen MR) is 106 cm³/mol. The molecular formula is C16H21ClN4O6S. The number of carbonyl (C=O) groups is 2. The Morgan fingerprint density at radius 3 is 2.46 bits per heavy atom. The molecule has 10 nitrogen and oxygen atoms in total. The molecule has 0 fully saturated rings. The van der Waals surface area contributed by atoms with Crippen LogP contribution in [-0.4, -0.2) is 46.9 Å². The molecule has 0 atom stereocenters. The predicted octanol–water partition coefficient (Wildman–Crippen LogP) is 0.754. The third-order valence-electron chi connectivity index (χ3n) is 3.79. The Bertz CT molecular complexity index is 1030. The number of nitrogens with two attached hydrogens (primary N) is 2. The molecular weight excluding hydrogens is 412 g/mol. The number of aromatic nitrogens is 1. The first-order valence-corrected chi connectivity index (χ1v) is 10.1. The second kappa shape index (κ2) is 9.15. The van der Waals surface area contributed by atoms with Gasteiger partial charge in [-0.25, -0.2) is 0 Å². The standard InChI is InChI=1S/C15H15ClN4O2.CH4O3S.H2O/c16-10-5-4-8-12(21)3-1-2-6-20-11(7-9(10)13(8)20)14(22)19-15(17)18;1-5(2,3)4;/h4-5,7H,1-3,6H2,(H4,17,18,19,22);1H3,(H,2,3,4);1H2. The number of ketones is 1. The normalized spacial score (nSPS) is 13.5. The summed E-state index contributed by atoms with van der Waals surface area (Å²) in [7, 11) is -3.67. The van der Waals surface area contributed by atoms with Crippen molar-refractivity contribution in [1.82, 2.24) is 4.57 Å². The molecule has 1 aliphatic rings. The van der Waals surface area contributed by atoms with Crippen LogP contribution < -0.4 is 11.5 Å². The molecule has 1 aromatic heterocycles. The highest BCUT2D eigenvalue weighted by atomic mass is 35.5. The Balaban J connectivity index is 0.000000584. The molecule has 2 aromatic rings. The molecule has 1 aromatic carbocycles. The first kappa shape index (κ1) is 23.6. The summed E-state index contributed by atoms with van der Waals surface area (Å²) in [6, 6.07) is 5.04. The Hall–Kier alpha value is -2.47. The van der Waals surface area contributed by atoms with E-state index in [1.165, 1.54) is 0 Å². The van der Waals surface area contributed by atoms with Gasteiger partial charge in [0.25, 0.3) is 16.0 Å². The fourth-order valence-electron chi connectivity index (χ4n) is 2.85. The lowest BCUT2D eigenvalue weighted by atomic mass is 10.0. The lowest BCUT2D eigenvalue weighted by molar-refractivity contribution is 0.0969. The first-order valence-electron chi connectivity index (χ1n) is 7.90. The monoisotopic (exact) mass is 432 g/mol. The van der Waals surface area contributed by atoms with E-state index in [9.17, 15) is 18.0 Å². The number of Topliss-reactive ketones (excluding diaryl/α,β-unsaturated/α-hetero) is 1. The number of guanidine groups is 1. The molecule has 0 saturated carbocycles. The van der Waals surface area contributed by atoms with E-state index in [0.29, 0.717) is 46.4 Å². The van der Waals surface area contributed by atoms with Gasteiger partial charge in [-0.3, -0.25) is 14.1 Å². The zero-order chi connectivity index (χ0) is 20.4. The van der Waals surface area contributed by atoms with Gasteiger partial charge in [-0.2, -0.15) is 13.4 Å². The van der Waals surface area contributed by atoms with Crippen molar-refractivity contribution in [2.75, 3.05) is 6.26 Å². The molecule has 1 amide bonds. The smallest absolute Gasteiger partial charge is 0.296 e. The SMILES string of the molecule is CS(=O)(=O)O.NC(N)=NC(=O)c1cc2c(Cl)ccc3c2n1CCCCC3=O.O. The molecule has 7 N–H and O–H groups in total. The molecule has 28 heavy (non-hydrogen) atoms. The summed E-state index contributed by atoms with van der Waals surface area (Å²) in [4.78, 5) is 28.1. The lowest BCUT2D eigenvalue weighted by Gasteiger charge is -2.15. The summed E-state index contributed by atoms with van der Waals surface area (Å²) in [6.07, 6.45) is 2.78. The van der Waals surface area contributed by atoms with E-state index in [1.54, 1.807) is 22.8 Å². The molecule has 0 radical (unpaired) electrons. The molecule has 0 unspecified atom stereocenters. The van der Waals surface area contributed by atoms with Crippen molar-refractivity contribution in [2.45, 2.75) is 25.8 Å². The number of carbonyl (C=O) groups excluding carboxylic acids is 2. The number of aliphatic imine (C=N–C) groups is 1. The summed E-state index contributed by atoms with van der Waals surface area (Å²) >= 11 is 6.23. The second-order valence-electron chi connectivity index (χ2n) is 5.99. The third-order valence-corrected chi connectivity index (χ3v) is 4.12. The van der Waals surface area contributed by atoms with E-state index in [4.69, 9.17) is 27.6 Å². The van der Waals surface area contributed by atoms with Crippen molar-refractivity contribution in [1.29, 1.82) is 0 Å². The molecule has 1 aliphatic heterocycles. The average molecular weight is 433 g/mol. The Morgan fingerprint density at radius 2 is 1.89 bits per heavy atom. The minimum absolute atomic E-state index is 0. The minimum Gasteiger partial charge on any atom is -0.412 e. The van der Waals surface area contributed by atoms with Crippen LogP contribution in [0.5, 0.6) is 0 Å². The van der Waals surface area contributed by atoms with Gasteiger partial charge in [0.1, 0.15) is 5.69 Å². The van der Waals surface area contributed by atoms with E-state index in [-0.39, 0.29) is 17.2 Å². The van der Waals surface area contributed by atoms with Crippen molar-refractivity contribution in [3.8, 4) is 0 Å². The topological polar surface area (TPSA) is 189 Å². The number of rotatable bonds is 1. The number of benzene rings is 1. The number of hydrogen-bond donors (Lipinski definition) is 3. The maximum absolute atomic E-state index is 12.3. The summed E-state index contributed by atoms with van der Waals surface area (Å²) in [5.41, 5.74) is 12.2. The van der Waals surface area contributed by atoms with Crippen LogP contribution in [0.4, 0.5) is 0 Å². The van der Waals surface area contributed by atoms with Crippen molar-refractivity contribution in [3.05, 3.63) is 34.5 Å². The number of nitrogens with zero attached hydrogens (tertiary/aromatic N) is 2. The van der Waals surface area contributed by atoms with Crippen LogP contribution in [0.1, 0.15) is 40.1 Å². The Morgan fingerprint density at radius 1 is 1.29 bits per heavy atom. The van der Waals surface area contributed by atoms with Crippen LogP contribution in [0.25, 0.3) is 10.9 Å². The minimum atomic E-state index is -3.67. The van der Waals surface area contributed by atoms with Gasteiger partial charge in [-0.1, -0.05) is 11.6 Å². The maximum atomic E-state index is 12.3. The second-order valence-corrected chi connectivity index (χ2v) is 7.87. The highest BCUT2D eigenvalue weighted by Crippen LogP contribution is 2.33. The number of aryl methyl sites for hydroxylation is 1. The Labute approximate surface area is 166 Å². The fraction of sp³-hybridized carbons (Fsp3) is 0.312. The van der Waals surface area contributed by atoms with E-state index < -0.39 is 16.0 Å². The molecule has 0 bridgehead atoms. The van der Waals surface area contributed by atoms with Crippen molar-refractivity contribution in [2.24, 2.45) is 16.5 Å². The van der Waals surface area contributed by atoms with Gasteiger partial charge in [0.15, 0.2) is 11.7 Å². The van der Waals surface area contributed by atoms with Gasteiger partial charge in [-0.15, -0.1) is 0 Å². The van der Waals surface area contributed by atoms with E-state index in [0.717, 1.165) is 12.8 Å². The van der Waals surface area contributed by atoms with Gasteiger partial charge in [-0.05, 0) is 31.0 Å². The quantitative estimate of drug-likeness (QED) is 0.336. The number of halogens is 1. The van der Waals surface area contributed by atoms with Crippen LogP contribution >= 0.6 is 11.6 Å². The van der Waals surface area contributed by atoms with Crippen LogP contribution in [0, 0.1) is 0 Å². The van der Waals surface area contributed by atoms with Crippen LogP contribution in [0.2, 0.25) is 5.02 Å². The van der Waals surface area contributed by atoms with Gasteiger partial charge in [0.05, 0.1) is 16.8 Å². The third kappa shape index (κ3) is 5.76. The number of hydrogen-bond acceptors (Lipinski definition) is 4. The lowest BCUT2D eigenvalue weighted by Crippen LogP contribution is -2.25. The van der Waals surface area contributed by atoms with Gasteiger partial charge >= 0.3 is 0 Å². The summed E-state index contributed by atoms with van der Waals surface area (Å²) < 4.78 is 27.7. The molecule has 0 aliphatic carbocycles. The fourth-order valence-corrected chi connectivity index (χ4v) is 3.05. The zero-order valence-electron chi connectivity index (χ0n) is 15.0. The van der Waals surface area contributed by atoms with Gasteiger partial charge in [0.2, 0.25) is 0 Å². The van der Waals surface area contributed by atoms with E-state index in [2.05, 4.69) is 4.99 Å². The highest BCUT2D eigenvalue weighted by Gasteiger charge is 2.23. The van der Waals surface area contributed by atoms with E-state index >= 15 is 0 Å². The van der Waals surface area contributed by atoms with Crippen LogP contribution in [0.3, 0.4) is 0 Å². The van der Waals surface area contributed by atoms with Gasteiger partial charge in [0, 0.05) is 23.9 Å². The summed E-state index contributed by atoms with van der Waals surface area (Å²) in [5, 5.41) is 1.16. The number of amides is 1.